The fourth-order valence-corrected chi connectivity index (χ4v) is 3.43. The third-order valence-corrected chi connectivity index (χ3v) is 4.58. The standard InChI is InChI=1S/C14H22OS/c15-14(11-13-9-6-10-16-13)12-7-4-2-1-3-5-8-12/h6,9-10,12,14-15H,1-5,7-8,11H2. The molecule has 0 aromatic carbocycles. The van der Waals surface area contributed by atoms with Gasteiger partial charge in [-0.05, 0) is 30.2 Å². The van der Waals surface area contributed by atoms with E-state index in [1.54, 1.807) is 11.3 Å². The summed E-state index contributed by atoms with van der Waals surface area (Å²) in [6, 6.07) is 4.21. The third-order valence-electron chi connectivity index (χ3n) is 3.68. The molecule has 0 amide bonds. The Hall–Kier alpha value is -0.340. The van der Waals surface area contributed by atoms with Crippen LogP contribution >= 0.6 is 11.3 Å². The normalized spacial score (nSPS) is 21.3. The first-order valence-corrected chi connectivity index (χ1v) is 7.44. The molecular formula is C14H22OS. The smallest absolute Gasteiger partial charge is 0.0616 e. The van der Waals surface area contributed by atoms with Gasteiger partial charge in [0.05, 0.1) is 6.10 Å². The van der Waals surface area contributed by atoms with Crippen molar-refractivity contribution < 1.29 is 5.11 Å². The molecule has 1 fully saturated rings. The van der Waals surface area contributed by atoms with Crippen molar-refractivity contribution in [3.8, 4) is 0 Å². The number of aliphatic hydroxyl groups excluding tert-OH is 1. The molecule has 0 radical (unpaired) electrons. The van der Waals surface area contributed by atoms with Crippen molar-refractivity contribution >= 4 is 11.3 Å². The van der Waals surface area contributed by atoms with Gasteiger partial charge in [-0.1, -0.05) is 38.2 Å². The summed E-state index contributed by atoms with van der Waals surface area (Å²) in [4.78, 5) is 1.33. The number of hydrogen-bond donors (Lipinski definition) is 1. The van der Waals surface area contributed by atoms with Gasteiger partial charge in [0.1, 0.15) is 0 Å². The van der Waals surface area contributed by atoms with Crippen molar-refractivity contribution in [1.82, 2.24) is 0 Å². The fraction of sp³-hybridized carbons (Fsp3) is 0.714. The van der Waals surface area contributed by atoms with Crippen LogP contribution in [0.1, 0.15) is 49.8 Å². The molecule has 0 aliphatic heterocycles. The van der Waals surface area contributed by atoms with Gasteiger partial charge < -0.3 is 5.11 Å². The lowest BCUT2D eigenvalue weighted by Gasteiger charge is -2.24. The molecule has 2 rings (SSSR count). The van der Waals surface area contributed by atoms with Gasteiger partial charge in [0.15, 0.2) is 0 Å². The quantitative estimate of drug-likeness (QED) is 0.843. The molecule has 1 heterocycles. The van der Waals surface area contributed by atoms with Gasteiger partial charge in [-0.25, -0.2) is 0 Å². The second-order valence-electron chi connectivity index (χ2n) is 4.96. The van der Waals surface area contributed by atoms with Crippen LogP contribution in [0.25, 0.3) is 0 Å². The molecule has 0 bridgehead atoms. The zero-order valence-corrected chi connectivity index (χ0v) is 10.7. The van der Waals surface area contributed by atoms with E-state index in [1.165, 1.54) is 49.8 Å². The summed E-state index contributed by atoms with van der Waals surface area (Å²) >= 11 is 1.76. The Morgan fingerprint density at radius 2 is 1.88 bits per heavy atom. The van der Waals surface area contributed by atoms with E-state index in [2.05, 4.69) is 17.5 Å². The second kappa shape index (κ2) is 6.41. The second-order valence-corrected chi connectivity index (χ2v) is 5.99. The molecule has 0 saturated heterocycles. The van der Waals surface area contributed by atoms with E-state index in [4.69, 9.17) is 0 Å². The lowest BCUT2D eigenvalue weighted by Crippen LogP contribution is -2.23. The molecule has 1 unspecified atom stereocenters. The molecule has 1 aromatic heterocycles. The van der Waals surface area contributed by atoms with Crippen LogP contribution in [0.15, 0.2) is 17.5 Å². The van der Waals surface area contributed by atoms with E-state index in [1.807, 2.05) is 0 Å². The van der Waals surface area contributed by atoms with Crippen LogP contribution in [-0.2, 0) is 6.42 Å². The first-order valence-electron chi connectivity index (χ1n) is 6.56. The van der Waals surface area contributed by atoms with Crippen molar-refractivity contribution in [3.63, 3.8) is 0 Å². The number of aliphatic hydroxyl groups is 1. The van der Waals surface area contributed by atoms with Crippen LogP contribution in [0.2, 0.25) is 0 Å². The topological polar surface area (TPSA) is 20.2 Å². The van der Waals surface area contributed by atoms with Gasteiger partial charge in [-0.15, -0.1) is 11.3 Å². The maximum atomic E-state index is 10.3. The Morgan fingerprint density at radius 1 is 1.19 bits per heavy atom. The van der Waals surface area contributed by atoms with Crippen LogP contribution in [0.3, 0.4) is 0 Å². The first kappa shape index (κ1) is 12.1. The van der Waals surface area contributed by atoms with Gasteiger partial charge in [-0.2, -0.15) is 0 Å². The van der Waals surface area contributed by atoms with Crippen molar-refractivity contribution in [2.24, 2.45) is 5.92 Å². The average molecular weight is 238 g/mol. The maximum Gasteiger partial charge on any atom is 0.0616 e. The Bertz CT molecular complexity index is 273. The molecule has 0 spiro atoms. The van der Waals surface area contributed by atoms with E-state index < -0.39 is 0 Å². The lowest BCUT2D eigenvalue weighted by molar-refractivity contribution is 0.0920. The van der Waals surface area contributed by atoms with Crippen molar-refractivity contribution in [3.05, 3.63) is 22.4 Å². The van der Waals surface area contributed by atoms with Gasteiger partial charge in [0.25, 0.3) is 0 Å². The Morgan fingerprint density at radius 3 is 2.50 bits per heavy atom. The maximum absolute atomic E-state index is 10.3. The molecule has 16 heavy (non-hydrogen) atoms. The largest absolute Gasteiger partial charge is 0.392 e. The van der Waals surface area contributed by atoms with E-state index in [9.17, 15) is 5.11 Å². The van der Waals surface area contributed by atoms with E-state index in [0.717, 1.165) is 6.42 Å². The van der Waals surface area contributed by atoms with E-state index in [-0.39, 0.29) is 6.10 Å². The monoisotopic (exact) mass is 238 g/mol. The molecule has 1 aromatic rings. The highest BCUT2D eigenvalue weighted by Crippen LogP contribution is 2.27. The summed E-state index contributed by atoms with van der Waals surface area (Å²) in [7, 11) is 0. The number of thiophene rings is 1. The third kappa shape index (κ3) is 3.60. The molecule has 1 aliphatic rings. The first-order chi connectivity index (χ1) is 7.86. The van der Waals surface area contributed by atoms with Gasteiger partial charge >= 0.3 is 0 Å². The minimum atomic E-state index is -0.114. The van der Waals surface area contributed by atoms with Crippen molar-refractivity contribution in [1.29, 1.82) is 0 Å². The average Bonchev–Trinajstić information content (AvgIpc) is 2.69. The van der Waals surface area contributed by atoms with Crippen molar-refractivity contribution in [2.45, 2.75) is 57.5 Å². The predicted octanol–water partition coefficient (Wildman–Crippen LogP) is 4.01. The summed E-state index contributed by atoms with van der Waals surface area (Å²) < 4.78 is 0. The molecular weight excluding hydrogens is 216 g/mol. The molecule has 2 heteroatoms. The van der Waals surface area contributed by atoms with Crippen molar-refractivity contribution in [2.75, 3.05) is 0 Å². The molecule has 1 saturated carbocycles. The van der Waals surface area contributed by atoms with E-state index in [0.29, 0.717) is 5.92 Å². The molecule has 1 N–H and O–H groups in total. The molecule has 90 valence electrons. The Balaban J connectivity index is 1.84. The molecule has 1 nitrogen and oxygen atoms in total. The fourth-order valence-electron chi connectivity index (χ4n) is 2.67. The number of rotatable bonds is 3. The van der Waals surface area contributed by atoms with Gasteiger partial charge in [0, 0.05) is 11.3 Å². The minimum Gasteiger partial charge on any atom is -0.392 e. The summed E-state index contributed by atoms with van der Waals surface area (Å²) in [5.41, 5.74) is 0. The highest BCUT2D eigenvalue weighted by Gasteiger charge is 2.20. The summed E-state index contributed by atoms with van der Waals surface area (Å²) in [6.45, 7) is 0. The summed E-state index contributed by atoms with van der Waals surface area (Å²) in [6.07, 6.45) is 9.95. The lowest BCUT2D eigenvalue weighted by atomic mass is 9.86. The Labute approximate surface area is 103 Å². The van der Waals surface area contributed by atoms with Crippen LogP contribution in [0.4, 0.5) is 0 Å². The van der Waals surface area contributed by atoms with Gasteiger partial charge in [0.2, 0.25) is 0 Å². The summed E-state index contributed by atoms with van der Waals surface area (Å²) in [5.74, 6) is 0.544. The van der Waals surface area contributed by atoms with Crippen LogP contribution in [-0.4, -0.2) is 11.2 Å². The van der Waals surface area contributed by atoms with Crippen LogP contribution in [0, 0.1) is 5.92 Å². The minimum absolute atomic E-state index is 0.114. The highest BCUT2D eigenvalue weighted by atomic mass is 32.1. The SMILES string of the molecule is OC(Cc1cccs1)C1CCCCCCC1. The van der Waals surface area contributed by atoms with Crippen LogP contribution < -0.4 is 0 Å². The predicted molar refractivity (Wildman–Crippen MR) is 69.8 cm³/mol. The molecule has 1 aliphatic carbocycles. The van der Waals surface area contributed by atoms with Crippen LogP contribution in [0.5, 0.6) is 0 Å². The summed E-state index contributed by atoms with van der Waals surface area (Å²) in [5, 5.41) is 12.4. The number of hydrogen-bond acceptors (Lipinski definition) is 2. The zero-order valence-electron chi connectivity index (χ0n) is 9.90. The van der Waals surface area contributed by atoms with Gasteiger partial charge in [-0.3, -0.25) is 0 Å². The Kier molecular flexibility index (Phi) is 4.86. The molecule has 1 atom stereocenters. The highest BCUT2D eigenvalue weighted by molar-refractivity contribution is 7.09. The van der Waals surface area contributed by atoms with E-state index >= 15 is 0 Å². The zero-order chi connectivity index (χ0) is 11.2.